The van der Waals surface area contributed by atoms with Crippen molar-refractivity contribution in [2.45, 2.75) is 56.8 Å². The normalized spacial score (nSPS) is 20.5. The van der Waals surface area contributed by atoms with Gasteiger partial charge in [0.2, 0.25) is 0 Å². The Hall–Kier alpha value is -0.430. The Morgan fingerprint density at radius 3 is 2.86 bits per heavy atom. The zero-order chi connectivity index (χ0) is 15.5. The van der Waals surface area contributed by atoms with Gasteiger partial charge in [0.25, 0.3) is 10.0 Å². The number of rotatable bonds is 7. The van der Waals surface area contributed by atoms with Crippen LogP contribution in [0.5, 0.6) is 0 Å². The highest BCUT2D eigenvalue weighted by atomic mass is 32.2. The Morgan fingerprint density at radius 2 is 2.19 bits per heavy atom. The maximum Gasteiger partial charge on any atom is 0.252 e. The lowest BCUT2D eigenvalue weighted by Crippen LogP contribution is -2.38. The Labute approximate surface area is 132 Å². The van der Waals surface area contributed by atoms with Gasteiger partial charge in [-0.05, 0) is 43.9 Å². The number of nitrogens with one attached hydrogen (secondary N) is 1. The quantitative estimate of drug-likeness (QED) is 0.782. The highest BCUT2D eigenvalue weighted by Crippen LogP contribution is 2.32. The fourth-order valence-corrected chi connectivity index (χ4v) is 6.11. The van der Waals surface area contributed by atoms with E-state index in [2.05, 4.69) is 26.1 Å². The monoisotopic (exact) mass is 330 g/mol. The standard InChI is InChI=1S/C15H26N2O2S2/c1-4-9-16-11-13-7-8-15(20-13)21(18,19)17-10-5-6-14(17)12(2)3/h7-8,12,14,16H,4-6,9-11H2,1-3H3. The second-order valence-electron chi connectivity index (χ2n) is 5.97. The molecular formula is C15H26N2O2S2. The van der Waals surface area contributed by atoms with E-state index in [9.17, 15) is 8.42 Å². The summed E-state index contributed by atoms with van der Waals surface area (Å²) in [6.45, 7) is 8.70. The zero-order valence-electron chi connectivity index (χ0n) is 13.1. The molecule has 1 atom stereocenters. The summed E-state index contributed by atoms with van der Waals surface area (Å²) in [7, 11) is -3.32. The summed E-state index contributed by atoms with van der Waals surface area (Å²) in [6.07, 6.45) is 3.03. The van der Waals surface area contributed by atoms with Gasteiger partial charge in [0.05, 0.1) is 0 Å². The molecule has 0 saturated carbocycles. The molecule has 0 aromatic carbocycles. The molecule has 120 valence electrons. The van der Waals surface area contributed by atoms with E-state index in [4.69, 9.17) is 0 Å². The SMILES string of the molecule is CCCNCc1ccc(S(=O)(=O)N2CCCC2C(C)C)s1. The third-order valence-electron chi connectivity index (χ3n) is 3.94. The molecule has 1 aliphatic heterocycles. The molecule has 0 bridgehead atoms. The van der Waals surface area contributed by atoms with Crippen molar-refractivity contribution < 1.29 is 8.42 Å². The van der Waals surface area contributed by atoms with E-state index in [1.54, 1.807) is 10.4 Å². The van der Waals surface area contributed by atoms with E-state index >= 15 is 0 Å². The zero-order valence-corrected chi connectivity index (χ0v) is 14.8. The minimum atomic E-state index is -3.32. The van der Waals surface area contributed by atoms with Crippen LogP contribution in [0.1, 0.15) is 44.9 Å². The van der Waals surface area contributed by atoms with Gasteiger partial charge in [-0.25, -0.2) is 8.42 Å². The Kier molecular flexibility index (Phi) is 5.82. The van der Waals surface area contributed by atoms with Gasteiger partial charge in [0.1, 0.15) is 4.21 Å². The summed E-state index contributed by atoms with van der Waals surface area (Å²) in [5.41, 5.74) is 0. The number of hydrogen-bond donors (Lipinski definition) is 1. The van der Waals surface area contributed by atoms with Crippen LogP contribution in [-0.4, -0.2) is 31.9 Å². The summed E-state index contributed by atoms with van der Waals surface area (Å²) >= 11 is 1.40. The van der Waals surface area contributed by atoms with Crippen LogP contribution in [0.15, 0.2) is 16.3 Å². The number of sulfonamides is 1. The molecular weight excluding hydrogens is 304 g/mol. The minimum absolute atomic E-state index is 0.152. The molecule has 1 aromatic rings. The lowest BCUT2D eigenvalue weighted by atomic mass is 10.0. The van der Waals surface area contributed by atoms with E-state index in [-0.39, 0.29) is 6.04 Å². The van der Waals surface area contributed by atoms with Crippen molar-refractivity contribution in [3.05, 3.63) is 17.0 Å². The first-order valence-corrected chi connectivity index (χ1v) is 10.0. The molecule has 1 unspecified atom stereocenters. The van der Waals surface area contributed by atoms with Crippen LogP contribution in [-0.2, 0) is 16.6 Å². The van der Waals surface area contributed by atoms with Crippen LogP contribution in [0.4, 0.5) is 0 Å². The van der Waals surface area contributed by atoms with Crippen molar-refractivity contribution in [3.8, 4) is 0 Å². The van der Waals surface area contributed by atoms with Crippen LogP contribution in [0, 0.1) is 5.92 Å². The van der Waals surface area contributed by atoms with Crippen LogP contribution in [0.2, 0.25) is 0 Å². The summed E-state index contributed by atoms with van der Waals surface area (Å²) in [5.74, 6) is 0.368. The topological polar surface area (TPSA) is 49.4 Å². The van der Waals surface area contributed by atoms with E-state index in [1.807, 2.05) is 6.07 Å². The van der Waals surface area contributed by atoms with Gasteiger partial charge in [-0.15, -0.1) is 11.3 Å². The fourth-order valence-electron chi connectivity index (χ4n) is 2.83. The molecule has 1 aliphatic rings. The molecule has 2 heterocycles. The van der Waals surface area contributed by atoms with Crippen molar-refractivity contribution in [1.29, 1.82) is 0 Å². The smallest absolute Gasteiger partial charge is 0.252 e. The van der Waals surface area contributed by atoms with Crippen LogP contribution in [0.25, 0.3) is 0 Å². The molecule has 1 saturated heterocycles. The number of hydrogen-bond acceptors (Lipinski definition) is 4. The number of nitrogens with zero attached hydrogens (tertiary/aromatic N) is 1. The third-order valence-corrected chi connectivity index (χ3v) is 7.42. The van der Waals surface area contributed by atoms with E-state index in [1.165, 1.54) is 11.3 Å². The highest BCUT2D eigenvalue weighted by molar-refractivity contribution is 7.91. The number of thiophene rings is 1. The van der Waals surface area contributed by atoms with Gasteiger partial charge in [-0.3, -0.25) is 0 Å². The maximum absolute atomic E-state index is 12.8. The molecule has 1 N–H and O–H groups in total. The van der Waals surface area contributed by atoms with Crippen molar-refractivity contribution in [2.75, 3.05) is 13.1 Å². The first-order chi connectivity index (χ1) is 9.96. The van der Waals surface area contributed by atoms with Crippen LogP contribution < -0.4 is 5.32 Å². The van der Waals surface area contributed by atoms with Crippen LogP contribution in [0.3, 0.4) is 0 Å². The molecule has 1 fully saturated rings. The predicted molar refractivity (Wildman–Crippen MR) is 88.1 cm³/mol. The van der Waals surface area contributed by atoms with E-state index < -0.39 is 10.0 Å². The average Bonchev–Trinajstić information content (AvgIpc) is 3.08. The molecule has 21 heavy (non-hydrogen) atoms. The largest absolute Gasteiger partial charge is 0.312 e. The molecule has 1 aromatic heterocycles. The summed E-state index contributed by atoms with van der Waals surface area (Å²) < 4.78 is 27.8. The van der Waals surface area contributed by atoms with Crippen molar-refractivity contribution in [1.82, 2.24) is 9.62 Å². The molecule has 0 spiro atoms. The molecule has 4 nitrogen and oxygen atoms in total. The predicted octanol–water partition coefficient (Wildman–Crippen LogP) is 3.06. The first-order valence-electron chi connectivity index (χ1n) is 7.78. The Bertz CT molecular complexity index is 552. The summed E-state index contributed by atoms with van der Waals surface area (Å²) in [6, 6.07) is 3.85. The fraction of sp³-hybridized carbons (Fsp3) is 0.733. The minimum Gasteiger partial charge on any atom is -0.312 e. The van der Waals surface area contributed by atoms with Crippen molar-refractivity contribution in [2.24, 2.45) is 5.92 Å². The van der Waals surface area contributed by atoms with Crippen molar-refractivity contribution >= 4 is 21.4 Å². The van der Waals surface area contributed by atoms with Gasteiger partial charge in [0.15, 0.2) is 0 Å². The first kappa shape index (κ1) is 16.9. The van der Waals surface area contributed by atoms with Gasteiger partial charge >= 0.3 is 0 Å². The second kappa shape index (κ2) is 7.22. The second-order valence-corrected chi connectivity index (χ2v) is 9.25. The van der Waals surface area contributed by atoms with Gasteiger partial charge < -0.3 is 5.32 Å². The summed E-state index contributed by atoms with van der Waals surface area (Å²) in [4.78, 5) is 1.09. The summed E-state index contributed by atoms with van der Waals surface area (Å²) in [5, 5.41) is 3.31. The van der Waals surface area contributed by atoms with Crippen molar-refractivity contribution in [3.63, 3.8) is 0 Å². The van der Waals surface area contributed by atoms with E-state index in [0.29, 0.717) is 16.7 Å². The molecule has 0 aliphatic carbocycles. The molecule has 2 rings (SSSR count). The third kappa shape index (κ3) is 3.86. The lowest BCUT2D eigenvalue weighted by Gasteiger charge is -2.26. The molecule has 0 amide bonds. The Balaban J connectivity index is 2.12. The van der Waals surface area contributed by atoms with Gasteiger partial charge in [-0.1, -0.05) is 20.8 Å². The van der Waals surface area contributed by atoms with Crippen LogP contribution >= 0.6 is 11.3 Å². The molecule has 6 heteroatoms. The Morgan fingerprint density at radius 1 is 1.43 bits per heavy atom. The van der Waals surface area contributed by atoms with E-state index in [0.717, 1.165) is 37.2 Å². The maximum atomic E-state index is 12.8. The lowest BCUT2D eigenvalue weighted by molar-refractivity contribution is 0.316. The van der Waals surface area contributed by atoms with Gasteiger partial charge in [0, 0.05) is 24.0 Å². The average molecular weight is 331 g/mol. The molecule has 0 radical (unpaired) electrons. The van der Waals surface area contributed by atoms with Gasteiger partial charge in [-0.2, -0.15) is 4.31 Å². The highest BCUT2D eigenvalue weighted by Gasteiger charge is 2.37.